The Balaban J connectivity index is 0.00000225. The Kier molecular flexibility index (Phi) is 7.09. The average molecular weight is 460 g/mol. The first-order valence-corrected chi connectivity index (χ1v) is 8.78. The number of likely N-dealkylation sites (N-methyl/N-ethyl adjacent to an activating group) is 1. The molecule has 1 aliphatic carbocycles. The second-order valence-corrected chi connectivity index (χ2v) is 7.14. The minimum Gasteiger partial charge on any atom is -0.353 e. The number of rotatable bonds is 4. The third-order valence-electron chi connectivity index (χ3n) is 4.90. The predicted molar refractivity (Wildman–Crippen MR) is 109 cm³/mol. The van der Waals surface area contributed by atoms with E-state index >= 15 is 0 Å². The van der Waals surface area contributed by atoms with Gasteiger partial charge < -0.3 is 19.7 Å². The van der Waals surface area contributed by atoms with Crippen molar-refractivity contribution in [3.05, 3.63) is 18.7 Å². The number of nitrogens with zero attached hydrogens (tertiary/aromatic N) is 5. The summed E-state index contributed by atoms with van der Waals surface area (Å²) in [7, 11) is 3.53. The Hall–Kier alpha value is -1.32. The van der Waals surface area contributed by atoms with Gasteiger partial charge in [0.15, 0.2) is 5.96 Å². The maximum absolute atomic E-state index is 11.9. The topological polar surface area (TPSA) is 65.8 Å². The van der Waals surface area contributed by atoms with E-state index in [1.807, 2.05) is 18.7 Å². The van der Waals surface area contributed by atoms with Gasteiger partial charge in [-0.15, -0.1) is 24.0 Å². The lowest BCUT2D eigenvalue weighted by Crippen LogP contribution is -2.49. The Morgan fingerprint density at radius 3 is 2.72 bits per heavy atom. The quantitative estimate of drug-likeness (QED) is 0.421. The van der Waals surface area contributed by atoms with Crippen molar-refractivity contribution in [1.29, 1.82) is 0 Å². The summed E-state index contributed by atoms with van der Waals surface area (Å²) < 4.78 is 2.19. The molecule has 2 atom stereocenters. The van der Waals surface area contributed by atoms with E-state index in [0.717, 1.165) is 25.5 Å². The molecule has 0 spiro atoms. The van der Waals surface area contributed by atoms with Gasteiger partial charge in [0.25, 0.3) is 0 Å². The van der Waals surface area contributed by atoms with E-state index in [1.165, 1.54) is 12.8 Å². The molecule has 1 aromatic rings. The molecule has 8 heteroatoms. The molecule has 1 aliphatic heterocycles. The van der Waals surface area contributed by atoms with Crippen LogP contribution in [-0.2, 0) is 4.79 Å². The van der Waals surface area contributed by atoms with Crippen molar-refractivity contribution < 1.29 is 4.79 Å². The number of hydrogen-bond acceptors (Lipinski definition) is 3. The molecule has 2 unspecified atom stereocenters. The normalized spacial score (nSPS) is 23.8. The summed E-state index contributed by atoms with van der Waals surface area (Å²) in [4.78, 5) is 24.6. The zero-order chi connectivity index (χ0) is 17.1. The van der Waals surface area contributed by atoms with E-state index in [0.29, 0.717) is 18.0 Å². The van der Waals surface area contributed by atoms with Crippen LogP contribution >= 0.6 is 24.0 Å². The summed E-state index contributed by atoms with van der Waals surface area (Å²) in [5.41, 5.74) is 0. The summed E-state index contributed by atoms with van der Waals surface area (Å²) in [6.45, 7) is 4.36. The fourth-order valence-corrected chi connectivity index (χ4v) is 3.03. The summed E-state index contributed by atoms with van der Waals surface area (Å²) in [5.74, 6) is 1.51. The highest BCUT2D eigenvalue weighted by Crippen LogP contribution is 2.28. The van der Waals surface area contributed by atoms with Crippen LogP contribution in [-0.4, -0.2) is 71.0 Å². The van der Waals surface area contributed by atoms with Crippen molar-refractivity contribution in [2.24, 2.45) is 10.9 Å². The number of halogens is 1. The highest BCUT2D eigenvalue weighted by atomic mass is 127. The Bertz CT molecular complexity index is 584. The molecule has 1 saturated heterocycles. The van der Waals surface area contributed by atoms with E-state index in [-0.39, 0.29) is 36.4 Å². The van der Waals surface area contributed by atoms with Crippen LogP contribution in [0.3, 0.4) is 0 Å². The van der Waals surface area contributed by atoms with Crippen molar-refractivity contribution in [2.75, 3.05) is 33.7 Å². The minimum atomic E-state index is 0. The van der Waals surface area contributed by atoms with E-state index in [2.05, 4.69) is 31.7 Å². The Labute approximate surface area is 166 Å². The van der Waals surface area contributed by atoms with Gasteiger partial charge in [-0.1, -0.05) is 6.92 Å². The number of likely N-dealkylation sites (tertiary alicyclic amines) is 1. The van der Waals surface area contributed by atoms with Gasteiger partial charge in [0, 0.05) is 45.6 Å². The number of guanidine groups is 1. The lowest BCUT2D eigenvalue weighted by molar-refractivity contribution is -0.127. The maximum Gasteiger partial charge on any atom is 0.243 e. The molecule has 2 heterocycles. The molecule has 1 saturated carbocycles. The number of aliphatic imine (C=N–C) groups is 1. The standard InChI is InChI=1S/C17H28N6O.HI/c1-13-6-8-22(11-15(13)23-9-7-18-12-23)17(20-14-4-5-14)19-10-16(24)21(2)3;/h7,9,12-15H,4-6,8,10-11H2,1-3H3,(H,19,20);1H. The van der Waals surface area contributed by atoms with Gasteiger partial charge in [-0.25, -0.2) is 9.98 Å². The molecular formula is C17H29IN6O. The highest BCUT2D eigenvalue weighted by Gasteiger charge is 2.31. The van der Waals surface area contributed by atoms with Crippen LogP contribution in [0.25, 0.3) is 0 Å². The Morgan fingerprint density at radius 2 is 2.12 bits per heavy atom. The fourth-order valence-electron chi connectivity index (χ4n) is 3.03. The largest absolute Gasteiger partial charge is 0.353 e. The van der Waals surface area contributed by atoms with E-state index in [1.54, 1.807) is 19.0 Å². The second kappa shape index (κ2) is 8.86. The summed E-state index contributed by atoms with van der Waals surface area (Å²) >= 11 is 0. The minimum absolute atomic E-state index is 0. The Morgan fingerprint density at radius 1 is 1.36 bits per heavy atom. The molecule has 0 radical (unpaired) electrons. The molecule has 0 aromatic carbocycles. The van der Waals surface area contributed by atoms with Crippen LogP contribution < -0.4 is 5.32 Å². The summed E-state index contributed by atoms with van der Waals surface area (Å²) in [5, 5.41) is 3.52. The fraction of sp³-hybridized carbons (Fsp3) is 0.706. The van der Waals surface area contributed by atoms with Gasteiger partial charge in [0.1, 0.15) is 6.54 Å². The van der Waals surface area contributed by atoms with Crippen molar-refractivity contribution in [2.45, 2.75) is 38.3 Å². The van der Waals surface area contributed by atoms with Crippen LogP contribution in [0.1, 0.15) is 32.2 Å². The van der Waals surface area contributed by atoms with Gasteiger partial charge in [0.2, 0.25) is 5.91 Å². The predicted octanol–water partition coefficient (Wildman–Crippen LogP) is 1.58. The summed E-state index contributed by atoms with van der Waals surface area (Å²) in [6, 6.07) is 0.904. The molecule has 1 amide bonds. The lowest BCUT2D eigenvalue weighted by Gasteiger charge is -2.39. The molecule has 2 aliphatic rings. The smallest absolute Gasteiger partial charge is 0.243 e. The SMILES string of the molecule is CC1CCN(C(=NCC(=O)N(C)C)NC2CC2)CC1n1ccnc1.I. The molecule has 0 bridgehead atoms. The zero-order valence-electron chi connectivity index (χ0n) is 15.3. The highest BCUT2D eigenvalue weighted by molar-refractivity contribution is 14.0. The molecule has 1 N–H and O–H groups in total. The number of carbonyl (C=O) groups excluding carboxylic acids is 1. The molecule has 2 fully saturated rings. The van der Waals surface area contributed by atoms with Crippen LogP contribution in [0.15, 0.2) is 23.7 Å². The van der Waals surface area contributed by atoms with E-state index in [9.17, 15) is 4.79 Å². The number of imidazole rings is 1. The molecular weight excluding hydrogens is 431 g/mol. The van der Waals surface area contributed by atoms with Crippen LogP contribution in [0.4, 0.5) is 0 Å². The van der Waals surface area contributed by atoms with E-state index in [4.69, 9.17) is 0 Å². The number of hydrogen-bond donors (Lipinski definition) is 1. The van der Waals surface area contributed by atoms with Crippen molar-refractivity contribution >= 4 is 35.8 Å². The molecule has 140 valence electrons. The molecule has 3 rings (SSSR count). The van der Waals surface area contributed by atoms with Gasteiger partial charge in [-0.3, -0.25) is 4.79 Å². The van der Waals surface area contributed by atoms with Gasteiger partial charge in [-0.05, 0) is 25.2 Å². The number of aromatic nitrogens is 2. The van der Waals surface area contributed by atoms with Crippen molar-refractivity contribution in [3.8, 4) is 0 Å². The van der Waals surface area contributed by atoms with Crippen LogP contribution in [0.2, 0.25) is 0 Å². The van der Waals surface area contributed by atoms with Crippen LogP contribution in [0.5, 0.6) is 0 Å². The molecule has 7 nitrogen and oxygen atoms in total. The van der Waals surface area contributed by atoms with Crippen LogP contribution in [0, 0.1) is 5.92 Å². The van der Waals surface area contributed by atoms with Gasteiger partial charge in [-0.2, -0.15) is 0 Å². The first-order valence-electron chi connectivity index (χ1n) is 8.78. The third kappa shape index (κ3) is 5.32. The number of nitrogens with one attached hydrogen (secondary N) is 1. The number of piperidine rings is 1. The van der Waals surface area contributed by atoms with Crippen molar-refractivity contribution in [3.63, 3.8) is 0 Å². The second-order valence-electron chi connectivity index (χ2n) is 7.14. The maximum atomic E-state index is 11.9. The van der Waals surface area contributed by atoms with E-state index < -0.39 is 0 Å². The number of amides is 1. The van der Waals surface area contributed by atoms with Crippen molar-refractivity contribution in [1.82, 2.24) is 24.7 Å². The molecule has 25 heavy (non-hydrogen) atoms. The van der Waals surface area contributed by atoms with Gasteiger partial charge >= 0.3 is 0 Å². The monoisotopic (exact) mass is 460 g/mol. The number of carbonyl (C=O) groups is 1. The summed E-state index contributed by atoms with van der Waals surface area (Å²) in [6.07, 6.45) is 9.25. The third-order valence-corrected chi connectivity index (χ3v) is 4.90. The average Bonchev–Trinajstić information content (AvgIpc) is 3.21. The van der Waals surface area contributed by atoms with Gasteiger partial charge in [0.05, 0.1) is 12.4 Å². The lowest BCUT2D eigenvalue weighted by atomic mass is 9.93. The first-order chi connectivity index (χ1) is 11.5. The molecule has 1 aromatic heterocycles. The first kappa shape index (κ1) is 20.0. The zero-order valence-corrected chi connectivity index (χ0v) is 17.6.